The van der Waals surface area contributed by atoms with Gasteiger partial charge in [0.2, 0.25) is 12.2 Å². The van der Waals surface area contributed by atoms with Crippen molar-refractivity contribution >= 4 is 11.0 Å². The fourth-order valence-corrected chi connectivity index (χ4v) is 3.29. The Labute approximate surface area is 151 Å². The molecule has 0 saturated carbocycles. The molecule has 1 aliphatic carbocycles. The van der Waals surface area contributed by atoms with Gasteiger partial charge in [0.15, 0.2) is 28.7 Å². The summed E-state index contributed by atoms with van der Waals surface area (Å²) in [6.07, 6.45) is 0. The molecule has 7 nitrogen and oxygen atoms in total. The van der Waals surface area contributed by atoms with Crippen molar-refractivity contribution in [3.8, 4) is 51.2 Å². The van der Waals surface area contributed by atoms with E-state index < -0.39 is 11.2 Å². The molecule has 0 atom stereocenters. The fraction of sp³-hybridized carbons (Fsp3) is 0.0500. The minimum Gasteiger partial charge on any atom is -0.504 e. The largest absolute Gasteiger partial charge is 0.504 e. The first-order valence-electron chi connectivity index (χ1n) is 8.07. The first-order valence-corrected chi connectivity index (χ1v) is 8.07. The van der Waals surface area contributed by atoms with Crippen LogP contribution in [0.1, 0.15) is 0 Å². The number of hydrogen-bond donors (Lipinski definition) is 3. The number of hydrogen-bond acceptors (Lipinski definition) is 7. The maximum atomic E-state index is 11.9. The summed E-state index contributed by atoms with van der Waals surface area (Å²) in [6, 6.07) is 10.5. The van der Waals surface area contributed by atoms with Crippen LogP contribution in [0.4, 0.5) is 0 Å². The molecule has 0 radical (unpaired) electrons. The second-order valence-electron chi connectivity index (χ2n) is 6.20. The second-order valence-corrected chi connectivity index (χ2v) is 6.20. The van der Waals surface area contributed by atoms with Crippen molar-refractivity contribution in [2.45, 2.75) is 0 Å². The van der Waals surface area contributed by atoms with Crippen LogP contribution in [-0.4, -0.2) is 22.1 Å². The van der Waals surface area contributed by atoms with E-state index in [4.69, 9.17) is 13.9 Å². The molecule has 0 aromatic heterocycles. The van der Waals surface area contributed by atoms with Gasteiger partial charge in [-0.25, -0.2) is 0 Å². The van der Waals surface area contributed by atoms with Crippen molar-refractivity contribution in [1.82, 2.24) is 0 Å². The molecule has 2 aromatic rings. The summed E-state index contributed by atoms with van der Waals surface area (Å²) < 4.78 is 16.5. The van der Waals surface area contributed by atoms with Crippen molar-refractivity contribution < 1.29 is 29.2 Å². The Balaban J connectivity index is 1.94. The van der Waals surface area contributed by atoms with E-state index in [1.807, 2.05) is 0 Å². The Kier molecular flexibility index (Phi) is 3.03. The van der Waals surface area contributed by atoms with E-state index >= 15 is 0 Å². The first-order chi connectivity index (χ1) is 13.0. The number of ether oxygens (including phenoxy) is 2. The molecule has 0 saturated heterocycles. The van der Waals surface area contributed by atoms with Gasteiger partial charge in [-0.1, -0.05) is 6.07 Å². The lowest BCUT2D eigenvalue weighted by Gasteiger charge is -2.16. The highest BCUT2D eigenvalue weighted by molar-refractivity contribution is 6.03. The Morgan fingerprint density at radius 1 is 0.815 bits per heavy atom. The maximum Gasteiger partial charge on any atom is 0.231 e. The minimum atomic E-state index is -0.578. The van der Waals surface area contributed by atoms with Gasteiger partial charge >= 0.3 is 0 Å². The fourth-order valence-electron chi connectivity index (χ4n) is 3.29. The molecular formula is C20H12O7. The smallest absolute Gasteiger partial charge is 0.231 e. The Hall–Kier alpha value is -3.87. The Morgan fingerprint density at radius 2 is 1.59 bits per heavy atom. The second kappa shape index (κ2) is 5.31. The SMILES string of the molecule is O=c1cc2oc3cc(O)c(O)cc3c(-c3ccc4c(c3)OCO4)c-2cc1O. The topological polar surface area (TPSA) is 109 Å². The van der Waals surface area contributed by atoms with Gasteiger partial charge < -0.3 is 29.2 Å². The third kappa shape index (κ3) is 2.25. The number of aromatic hydroxyl groups is 3. The lowest BCUT2D eigenvalue weighted by Crippen LogP contribution is -2.01. The van der Waals surface area contributed by atoms with E-state index in [2.05, 4.69) is 0 Å². The molecule has 2 aromatic carbocycles. The van der Waals surface area contributed by atoms with Crippen LogP contribution in [0.3, 0.4) is 0 Å². The number of phenolic OH excluding ortho intramolecular Hbond substituents is 3. The average Bonchev–Trinajstić information content (AvgIpc) is 3.10. The number of fused-ring (bicyclic) bond motifs is 3. The predicted octanol–water partition coefficient (Wildman–Crippen LogP) is 3.41. The highest BCUT2D eigenvalue weighted by atomic mass is 16.7. The van der Waals surface area contributed by atoms with E-state index in [9.17, 15) is 20.1 Å². The summed E-state index contributed by atoms with van der Waals surface area (Å²) in [7, 11) is 0. The van der Waals surface area contributed by atoms with E-state index in [1.54, 1.807) is 18.2 Å². The summed E-state index contributed by atoms with van der Waals surface area (Å²) >= 11 is 0. The van der Waals surface area contributed by atoms with Crippen molar-refractivity contribution in [3.05, 3.63) is 52.7 Å². The molecule has 3 aliphatic rings. The third-order valence-corrected chi connectivity index (χ3v) is 4.56. The third-order valence-electron chi connectivity index (χ3n) is 4.56. The monoisotopic (exact) mass is 364 g/mol. The zero-order chi connectivity index (χ0) is 18.7. The van der Waals surface area contributed by atoms with Crippen molar-refractivity contribution in [3.63, 3.8) is 0 Å². The summed E-state index contributed by atoms with van der Waals surface area (Å²) in [5, 5.41) is 30.2. The average molecular weight is 364 g/mol. The van der Waals surface area contributed by atoms with Crippen LogP contribution < -0.4 is 14.9 Å². The molecule has 2 aliphatic heterocycles. The van der Waals surface area contributed by atoms with E-state index in [0.29, 0.717) is 33.6 Å². The van der Waals surface area contributed by atoms with Crippen molar-refractivity contribution in [2.75, 3.05) is 6.79 Å². The summed E-state index contributed by atoms with van der Waals surface area (Å²) in [6.45, 7) is 0.124. The van der Waals surface area contributed by atoms with Crippen LogP contribution in [0.5, 0.6) is 28.7 Å². The highest BCUT2D eigenvalue weighted by Gasteiger charge is 2.22. The first kappa shape index (κ1) is 15.4. The van der Waals surface area contributed by atoms with Crippen molar-refractivity contribution in [2.24, 2.45) is 0 Å². The predicted molar refractivity (Wildman–Crippen MR) is 95.7 cm³/mol. The lowest BCUT2D eigenvalue weighted by molar-refractivity contribution is 0.174. The quantitative estimate of drug-likeness (QED) is 0.351. The summed E-state index contributed by atoms with van der Waals surface area (Å²) in [4.78, 5) is 11.9. The van der Waals surface area contributed by atoms with Gasteiger partial charge in [0, 0.05) is 28.6 Å². The minimum absolute atomic E-state index is 0.124. The van der Waals surface area contributed by atoms with Gasteiger partial charge in [-0.3, -0.25) is 4.79 Å². The van der Waals surface area contributed by atoms with Gasteiger partial charge in [0.25, 0.3) is 0 Å². The molecule has 2 heterocycles. The molecule has 134 valence electrons. The van der Waals surface area contributed by atoms with E-state index in [0.717, 1.165) is 0 Å². The molecule has 0 spiro atoms. The maximum absolute atomic E-state index is 11.9. The highest BCUT2D eigenvalue weighted by Crippen LogP contribution is 2.46. The normalized spacial score (nSPS) is 12.7. The van der Waals surface area contributed by atoms with Crippen molar-refractivity contribution in [1.29, 1.82) is 0 Å². The number of phenols is 3. The van der Waals surface area contributed by atoms with Crippen LogP contribution in [0, 0.1) is 0 Å². The summed E-state index contributed by atoms with van der Waals surface area (Å²) in [5.41, 5.74) is 1.48. The zero-order valence-corrected chi connectivity index (χ0v) is 13.7. The summed E-state index contributed by atoms with van der Waals surface area (Å²) in [5.74, 6) is 0.331. The molecule has 0 fully saturated rings. The number of rotatable bonds is 1. The molecule has 7 heteroatoms. The number of benzene rings is 3. The molecule has 3 N–H and O–H groups in total. The van der Waals surface area contributed by atoms with Crippen LogP contribution >= 0.6 is 0 Å². The molecule has 5 rings (SSSR count). The zero-order valence-electron chi connectivity index (χ0n) is 13.7. The van der Waals surface area contributed by atoms with Gasteiger partial charge in [0.1, 0.15) is 11.3 Å². The van der Waals surface area contributed by atoms with Gasteiger partial charge in [-0.2, -0.15) is 0 Å². The van der Waals surface area contributed by atoms with Gasteiger partial charge in [-0.15, -0.1) is 0 Å². The molecule has 27 heavy (non-hydrogen) atoms. The molecule has 0 unspecified atom stereocenters. The van der Waals surface area contributed by atoms with E-state index in [1.165, 1.54) is 24.3 Å². The Bertz CT molecular complexity index is 1260. The van der Waals surface area contributed by atoms with Gasteiger partial charge in [-0.05, 0) is 29.8 Å². The van der Waals surface area contributed by atoms with Crippen LogP contribution in [0.2, 0.25) is 0 Å². The Morgan fingerprint density at radius 3 is 2.44 bits per heavy atom. The van der Waals surface area contributed by atoms with Gasteiger partial charge in [0.05, 0.1) is 0 Å². The van der Waals surface area contributed by atoms with Crippen LogP contribution in [-0.2, 0) is 0 Å². The molecule has 0 bridgehead atoms. The molecule has 0 amide bonds. The van der Waals surface area contributed by atoms with Crippen LogP contribution in [0.15, 0.2) is 51.7 Å². The molecular weight excluding hydrogens is 352 g/mol. The standard InChI is InChI=1S/C20H12O7/c21-12-4-10-17(6-14(12)23)27-18-7-15(24)13(22)5-11(18)20(10)9-1-2-16-19(3-9)26-8-25-16/h1-7,21-23H,8H2. The lowest BCUT2D eigenvalue weighted by atomic mass is 9.93. The van der Waals surface area contributed by atoms with E-state index in [-0.39, 0.29) is 29.6 Å². The van der Waals surface area contributed by atoms with Crippen LogP contribution in [0.25, 0.3) is 33.4 Å².